The summed E-state index contributed by atoms with van der Waals surface area (Å²) >= 11 is 6.89. The predicted molar refractivity (Wildman–Crippen MR) is 161 cm³/mol. The van der Waals surface area contributed by atoms with E-state index in [0.717, 1.165) is 81.0 Å². The van der Waals surface area contributed by atoms with Crippen molar-refractivity contribution in [1.29, 1.82) is 0 Å². The number of imidazole rings is 1. The summed E-state index contributed by atoms with van der Waals surface area (Å²) in [5, 5.41) is 17.7. The third-order valence-electron chi connectivity index (χ3n) is 8.14. The molecule has 1 aliphatic heterocycles. The van der Waals surface area contributed by atoms with Crippen molar-refractivity contribution in [3.63, 3.8) is 0 Å². The second kappa shape index (κ2) is 12.3. The van der Waals surface area contributed by atoms with E-state index in [-0.39, 0.29) is 6.61 Å². The summed E-state index contributed by atoms with van der Waals surface area (Å²) in [7, 11) is 0. The molecule has 11 heteroatoms. The van der Waals surface area contributed by atoms with Gasteiger partial charge in [-0.25, -0.2) is 15.0 Å². The van der Waals surface area contributed by atoms with Gasteiger partial charge in [0.1, 0.15) is 24.5 Å². The van der Waals surface area contributed by atoms with Crippen molar-refractivity contribution >= 4 is 28.6 Å². The lowest BCUT2D eigenvalue weighted by atomic mass is 9.99. The van der Waals surface area contributed by atoms with Gasteiger partial charge in [0.25, 0.3) is 0 Å². The fourth-order valence-electron chi connectivity index (χ4n) is 5.85. The molecule has 4 heterocycles. The van der Waals surface area contributed by atoms with Gasteiger partial charge in [0.2, 0.25) is 0 Å². The average molecular weight is 577 g/mol. The van der Waals surface area contributed by atoms with Crippen LogP contribution in [0, 0.1) is 6.92 Å². The summed E-state index contributed by atoms with van der Waals surface area (Å²) in [5.74, 6) is 2.02. The molecule has 0 spiro atoms. The van der Waals surface area contributed by atoms with Crippen molar-refractivity contribution in [2.75, 3.05) is 51.3 Å². The van der Waals surface area contributed by atoms with Crippen molar-refractivity contribution in [3.05, 3.63) is 59.1 Å². The molecule has 0 amide bonds. The Hall–Kier alpha value is -3.31. The summed E-state index contributed by atoms with van der Waals surface area (Å²) in [6.07, 6.45) is 7.28. The standard InChI is InChI=1S/C30H37ClN8O2/c1-21-6-9-33-22(16-21)18-39-28(24-5-4-23(17-25(24)31)41-15-14-38-12-10-32-11-13-38)36-26-27(34-20-35-29(26)39)37-30(19-40)7-2-3-8-30/h4-6,9,16-17,20,32,40H,2-3,7-8,10-15,18-19H2,1H3,(H,34,35,37). The molecular formula is C30H37ClN8O2. The minimum atomic E-state index is -0.398. The molecule has 3 N–H and O–H groups in total. The van der Waals surface area contributed by atoms with E-state index in [9.17, 15) is 5.11 Å². The lowest BCUT2D eigenvalue weighted by Gasteiger charge is -2.28. The largest absolute Gasteiger partial charge is 0.492 e. The van der Waals surface area contributed by atoms with Crippen LogP contribution in [-0.2, 0) is 6.54 Å². The number of aromatic nitrogens is 5. The summed E-state index contributed by atoms with van der Waals surface area (Å²) in [4.78, 5) is 21.2. The van der Waals surface area contributed by atoms with E-state index < -0.39 is 5.54 Å². The second-order valence-corrected chi connectivity index (χ2v) is 11.5. The molecule has 0 atom stereocenters. The molecular weight excluding hydrogens is 540 g/mol. The first-order valence-corrected chi connectivity index (χ1v) is 14.8. The number of piperazine rings is 1. The third kappa shape index (κ3) is 6.16. The average Bonchev–Trinajstić information content (AvgIpc) is 3.60. The maximum absolute atomic E-state index is 10.2. The van der Waals surface area contributed by atoms with Crippen LogP contribution in [0.4, 0.5) is 5.82 Å². The van der Waals surface area contributed by atoms with Crippen molar-refractivity contribution in [2.24, 2.45) is 0 Å². The summed E-state index contributed by atoms with van der Waals surface area (Å²) < 4.78 is 8.09. The number of hydrogen-bond acceptors (Lipinski definition) is 9. The maximum Gasteiger partial charge on any atom is 0.166 e. The number of anilines is 1. The Kier molecular flexibility index (Phi) is 8.34. The van der Waals surface area contributed by atoms with Crippen LogP contribution in [0.15, 0.2) is 42.9 Å². The number of aryl methyl sites for hydroxylation is 1. The molecule has 2 aliphatic rings. The Morgan fingerprint density at radius 3 is 2.68 bits per heavy atom. The van der Waals surface area contributed by atoms with Gasteiger partial charge in [-0.2, -0.15) is 0 Å². The molecule has 4 aromatic rings. The fraction of sp³-hybridized carbons (Fsp3) is 0.467. The van der Waals surface area contributed by atoms with Crippen LogP contribution < -0.4 is 15.4 Å². The molecule has 6 rings (SSSR count). The number of fused-ring (bicyclic) bond motifs is 1. The number of rotatable bonds is 10. The van der Waals surface area contributed by atoms with Gasteiger partial charge in [0.15, 0.2) is 17.0 Å². The quantitative estimate of drug-likeness (QED) is 0.259. The van der Waals surface area contributed by atoms with Gasteiger partial charge in [0, 0.05) is 44.5 Å². The smallest absolute Gasteiger partial charge is 0.166 e. The van der Waals surface area contributed by atoms with Crippen LogP contribution in [0.2, 0.25) is 5.02 Å². The van der Waals surface area contributed by atoms with Crippen LogP contribution in [0.25, 0.3) is 22.6 Å². The summed E-state index contributed by atoms with van der Waals surface area (Å²) in [6, 6.07) is 9.79. The summed E-state index contributed by atoms with van der Waals surface area (Å²) in [6.45, 7) is 8.15. The molecule has 0 bridgehead atoms. The normalized spacial score (nSPS) is 17.2. The predicted octanol–water partition coefficient (Wildman–Crippen LogP) is 3.90. The second-order valence-electron chi connectivity index (χ2n) is 11.1. The Balaban J connectivity index is 1.34. The number of pyridine rings is 1. The van der Waals surface area contributed by atoms with E-state index in [0.29, 0.717) is 41.0 Å². The Morgan fingerprint density at radius 2 is 1.93 bits per heavy atom. The number of aliphatic hydroxyl groups excluding tert-OH is 1. The zero-order chi connectivity index (χ0) is 28.2. The molecule has 41 heavy (non-hydrogen) atoms. The van der Waals surface area contributed by atoms with E-state index in [4.69, 9.17) is 21.3 Å². The first-order valence-electron chi connectivity index (χ1n) is 14.4. The van der Waals surface area contributed by atoms with Gasteiger partial charge in [-0.05, 0) is 55.7 Å². The van der Waals surface area contributed by atoms with E-state index in [2.05, 4.69) is 43.5 Å². The fourth-order valence-corrected chi connectivity index (χ4v) is 6.11. The summed E-state index contributed by atoms with van der Waals surface area (Å²) in [5.41, 5.74) is 3.72. The number of halogens is 1. The lowest BCUT2D eigenvalue weighted by Crippen LogP contribution is -2.44. The molecule has 0 radical (unpaired) electrons. The SMILES string of the molecule is Cc1ccnc(Cn2c(-c3ccc(OCCN4CCNCC4)cc3Cl)nc3c(NC4(CO)CCCC4)ncnc32)c1. The van der Waals surface area contributed by atoms with Crippen LogP contribution >= 0.6 is 11.6 Å². The van der Waals surface area contributed by atoms with Gasteiger partial charge in [0.05, 0.1) is 29.4 Å². The lowest BCUT2D eigenvalue weighted by molar-refractivity contribution is 0.191. The first kappa shape index (κ1) is 27.8. The molecule has 3 aromatic heterocycles. The first-order chi connectivity index (χ1) is 20.0. The number of nitrogens with zero attached hydrogens (tertiary/aromatic N) is 6. The van der Waals surface area contributed by atoms with Gasteiger partial charge >= 0.3 is 0 Å². The van der Waals surface area contributed by atoms with E-state index in [1.54, 1.807) is 6.33 Å². The zero-order valence-electron chi connectivity index (χ0n) is 23.4. The molecule has 216 valence electrons. The van der Waals surface area contributed by atoms with Crippen molar-refractivity contribution in [3.8, 4) is 17.1 Å². The number of nitrogens with one attached hydrogen (secondary N) is 2. The molecule has 1 aliphatic carbocycles. The van der Waals surface area contributed by atoms with Gasteiger partial charge < -0.3 is 25.0 Å². The minimum Gasteiger partial charge on any atom is -0.492 e. The zero-order valence-corrected chi connectivity index (χ0v) is 24.2. The topological polar surface area (TPSA) is 113 Å². The van der Waals surface area contributed by atoms with Crippen molar-refractivity contribution in [2.45, 2.75) is 44.7 Å². The molecule has 0 unspecified atom stereocenters. The van der Waals surface area contributed by atoms with E-state index >= 15 is 0 Å². The molecule has 2 fully saturated rings. The van der Waals surface area contributed by atoms with Gasteiger partial charge in [-0.1, -0.05) is 24.4 Å². The number of benzene rings is 1. The highest BCUT2D eigenvalue weighted by Crippen LogP contribution is 2.37. The van der Waals surface area contributed by atoms with Crippen LogP contribution in [-0.4, -0.2) is 86.0 Å². The monoisotopic (exact) mass is 576 g/mol. The molecule has 1 saturated heterocycles. The Bertz CT molecular complexity index is 1500. The van der Waals surface area contributed by atoms with Crippen LogP contribution in [0.5, 0.6) is 5.75 Å². The number of aliphatic hydroxyl groups is 1. The molecule has 1 aromatic carbocycles. The van der Waals surface area contributed by atoms with Crippen molar-refractivity contribution < 1.29 is 9.84 Å². The number of ether oxygens (including phenoxy) is 1. The van der Waals surface area contributed by atoms with Crippen molar-refractivity contribution in [1.82, 2.24) is 34.7 Å². The van der Waals surface area contributed by atoms with E-state index in [1.807, 2.05) is 35.0 Å². The highest BCUT2D eigenvalue weighted by atomic mass is 35.5. The van der Waals surface area contributed by atoms with E-state index in [1.165, 1.54) is 0 Å². The van der Waals surface area contributed by atoms with Crippen LogP contribution in [0.1, 0.15) is 36.9 Å². The third-order valence-corrected chi connectivity index (χ3v) is 8.45. The highest BCUT2D eigenvalue weighted by Gasteiger charge is 2.34. The van der Waals surface area contributed by atoms with Crippen LogP contribution in [0.3, 0.4) is 0 Å². The Labute approximate surface area is 245 Å². The minimum absolute atomic E-state index is 0.0429. The maximum atomic E-state index is 10.2. The van der Waals surface area contributed by atoms with Gasteiger partial charge in [-0.3, -0.25) is 9.88 Å². The molecule has 10 nitrogen and oxygen atoms in total. The Morgan fingerprint density at radius 1 is 1.10 bits per heavy atom. The molecule has 1 saturated carbocycles. The van der Waals surface area contributed by atoms with Gasteiger partial charge in [-0.15, -0.1) is 0 Å². The highest BCUT2D eigenvalue weighted by molar-refractivity contribution is 6.33. The number of hydrogen-bond donors (Lipinski definition) is 3.